The molecular weight excluding hydrogens is 872 g/mol. The maximum absolute atomic E-state index is 3.03. The Labute approximate surface area is 395 Å². The standard InChI is InChI=1S/C62H75I/c1-38(2)34-61(35-39(3)4)56-16-12-11-15-52(56)53-25-23-48(32-57(53)61)49-24-26-54-55-28-27-51(60(63)59(55)62(36-40(5)6,37-41(7)8)58(54)33-49)50-22-21-46-30-45(19-20-47(46)31-50)44-18-17-42-13-9-10-14-43(42)29-44/h9-18,21-22,29-33,38-41,46-47,51,55,59-60H,19-20,23-28,34-37H2,1-8H3. The van der Waals surface area contributed by atoms with Crippen LogP contribution in [0.5, 0.6) is 0 Å². The predicted octanol–water partition coefficient (Wildman–Crippen LogP) is 17.8. The van der Waals surface area contributed by atoms with Crippen molar-refractivity contribution in [3.05, 3.63) is 153 Å². The van der Waals surface area contributed by atoms with E-state index in [1.54, 1.807) is 39.0 Å². The zero-order chi connectivity index (χ0) is 43.8. The van der Waals surface area contributed by atoms with E-state index >= 15 is 0 Å². The summed E-state index contributed by atoms with van der Waals surface area (Å²) >= 11 is 3.03. The lowest BCUT2D eigenvalue weighted by Gasteiger charge is -2.49. The summed E-state index contributed by atoms with van der Waals surface area (Å²) in [6, 6.07) is 25.5. The van der Waals surface area contributed by atoms with Gasteiger partial charge in [0.05, 0.1) is 0 Å². The summed E-state index contributed by atoms with van der Waals surface area (Å²) in [6.45, 7) is 19.9. The van der Waals surface area contributed by atoms with Gasteiger partial charge in [0, 0.05) is 20.7 Å². The van der Waals surface area contributed by atoms with Gasteiger partial charge in [0.1, 0.15) is 0 Å². The van der Waals surface area contributed by atoms with Gasteiger partial charge in [-0.2, -0.15) is 0 Å². The normalized spacial score (nSPS) is 28.2. The quantitative estimate of drug-likeness (QED) is 0.133. The highest BCUT2D eigenvalue weighted by atomic mass is 127. The van der Waals surface area contributed by atoms with Gasteiger partial charge in [0.2, 0.25) is 0 Å². The summed E-state index contributed by atoms with van der Waals surface area (Å²) in [6.07, 6.45) is 31.4. The highest BCUT2D eigenvalue weighted by Crippen LogP contribution is 2.67. The van der Waals surface area contributed by atoms with Gasteiger partial charge in [-0.1, -0.05) is 181 Å². The largest absolute Gasteiger partial charge is 0.0816 e. The molecule has 6 atom stereocenters. The molecule has 10 rings (SSSR count). The molecule has 0 saturated heterocycles. The summed E-state index contributed by atoms with van der Waals surface area (Å²) in [5, 5.41) is 2.69. The van der Waals surface area contributed by atoms with E-state index in [9.17, 15) is 0 Å². The van der Waals surface area contributed by atoms with Crippen molar-refractivity contribution in [2.75, 3.05) is 0 Å². The van der Waals surface area contributed by atoms with Crippen LogP contribution in [0.15, 0.2) is 137 Å². The molecule has 0 N–H and O–H groups in total. The molecule has 0 spiro atoms. The summed E-state index contributed by atoms with van der Waals surface area (Å²) < 4.78 is 0.646. The van der Waals surface area contributed by atoms with Gasteiger partial charge < -0.3 is 0 Å². The summed E-state index contributed by atoms with van der Waals surface area (Å²) in [4.78, 5) is 0. The van der Waals surface area contributed by atoms with Crippen LogP contribution < -0.4 is 0 Å². The van der Waals surface area contributed by atoms with Crippen LogP contribution in [-0.2, 0) is 5.41 Å². The maximum Gasteiger partial charge on any atom is 0.0221 e. The van der Waals surface area contributed by atoms with Crippen LogP contribution in [0, 0.1) is 58.7 Å². The minimum absolute atomic E-state index is 0.125. The molecule has 0 bridgehead atoms. The van der Waals surface area contributed by atoms with Gasteiger partial charge in [0.25, 0.3) is 0 Å². The summed E-state index contributed by atoms with van der Waals surface area (Å²) in [5.74, 6) is 5.87. The SMILES string of the molecule is CC(C)CC1(CC(C)C)C2=C(CCC(C3=CC4=C(CC3)C3CCC(C5=CC6CCC(c7ccc8ccccc8c7)=CC6C=C5)C(I)C3C4(CC(C)C)CC(C)C)=C2)c2ccccc21. The molecule has 0 heterocycles. The third-order valence-electron chi connectivity index (χ3n) is 17.0. The van der Waals surface area contributed by atoms with E-state index in [0.717, 1.165) is 5.92 Å². The Morgan fingerprint density at radius 1 is 0.603 bits per heavy atom. The van der Waals surface area contributed by atoms with Crippen molar-refractivity contribution in [1.29, 1.82) is 0 Å². The molecule has 0 amide bonds. The van der Waals surface area contributed by atoms with E-state index in [1.165, 1.54) is 99.0 Å². The van der Waals surface area contributed by atoms with E-state index < -0.39 is 0 Å². The van der Waals surface area contributed by atoms with Crippen molar-refractivity contribution >= 4 is 44.5 Å². The van der Waals surface area contributed by atoms with E-state index in [-0.39, 0.29) is 10.8 Å². The molecule has 330 valence electrons. The lowest BCUT2D eigenvalue weighted by atomic mass is 9.57. The molecule has 7 aliphatic carbocycles. The molecule has 3 aromatic rings. The van der Waals surface area contributed by atoms with E-state index in [0.29, 0.717) is 51.3 Å². The fourth-order valence-electron chi connectivity index (χ4n) is 15.3. The van der Waals surface area contributed by atoms with Gasteiger partial charge in [-0.15, -0.1) is 0 Å². The second-order valence-corrected chi connectivity index (χ2v) is 24.6. The van der Waals surface area contributed by atoms with E-state index in [4.69, 9.17) is 0 Å². The van der Waals surface area contributed by atoms with Gasteiger partial charge in [0.15, 0.2) is 0 Å². The Morgan fingerprint density at radius 3 is 1.98 bits per heavy atom. The molecule has 0 nitrogen and oxygen atoms in total. The summed E-state index contributed by atoms with van der Waals surface area (Å²) in [5.41, 5.74) is 18.6. The fraction of sp³-hybridized carbons (Fsp3) is 0.516. The number of allylic oxidation sites excluding steroid dienone is 14. The van der Waals surface area contributed by atoms with Gasteiger partial charge in [-0.3, -0.25) is 0 Å². The average molecular weight is 947 g/mol. The molecule has 3 aromatic carbocycles. The molecular formula is C62H75I. The second-order valence-electron chi connectivity index (χ2n) is 23.2. The Hall–Kier alpha value is -3.17. The topological polar surface area (TPSA) is 0 Å². The Kier molecular flexibility index (Phi) is 12.0. The third-order valence-corrected chi connectivity index (χ3v) is 18.7. The zero-order valence-electron chi connectivity index (χ0n) is 40.0. The van der Waals surface area contributed by atoms with Crippen LogP contribution >= 0.6 is 22.6 Å². The van der Waals surface area contributed by atoms with Crippen LogP contribution in [-0.4, -0.2) is 3.92 Å². The van der Waals surface area contributed by atoms with Crippen molar-refractivity contribution < 1.29 is 0 Å². The molecule has 1 fully saturated rings. The Balaban J connectivity index is 0.971. The molecule has 1 saturated carbocycles. The predicted molar refractivity (Wildman–Crippen MR) is 280 cm³/mol. The number of hydrogen-bond acceptors (Lipinski definition) is 0. The molecule has 1 heteroatoms. The highest BCUT2D eigenvalue weighted by Gasteiger charge is 2.58. The first-order valence-electron chi connectivity index (χ1n) is 25.6. The molecule has 6 unspecified atom stereocenters. The minimum atomic E-state index is 0.125. The van der Waals surface area contributed by atoms with Crippen molar-refractivity contribution in [2.24, 2.45) is 58.7 Å². The summed E-state index contributed by atoms with van der Waals surface area (Å²) in [7, 11) is 0. The number of rotatable bonds is 11. The monoisotopic (exact) mass is 946 g/mol. The van der Waals surface area contributed by atoms with Crippen LogP contribution in [0.1, 0.15) is 149 Å². The zero-order valence-corrected chi connectivity index (χ0v) is 42.1. The van der Waals surface area contributed by atoms with Crippen LogP contribution in [0.3, 0.4) is 0 Å². The molecule has 0 radical (unpaired) electrons. The molecule has 63 heavy (non-hydrogen) atoms. The minimum Gasteiger partial charge on any atom is -0.0816 e. The maximum atomic E-state index is 3.03. The number of fused-ring (bicyclic) bond motifs is 6. The molecule has 0 aliphatic heterocycles. The number of hydrogen-bond donors (Lipinski definition) is 0. The van der Waals surface area contributed by atoms with Crippen molar-refractivity contribution in [1.82, 2.24) is 0 Å². The molecule has 7 aliphatic rings. The van der Waals surface area contributed by atoms with Crippen molar-refractivity contribution in [2.45, 2.75) is 142 Å². The first-order valence-corrected chi connectivity index (χ1v) is 26.8. The van der Waals surface area contributed by atoms with Crippen molar-refractivity contribution in [3.63, 3.8) is 0 Å². The van der Waals surface area contributed by atoms with Crippen LogP contribution in [0.2, 0.25) is 0 Å². The lowest BCUT2D eigenvalue weighted by molar-refractivity contribution is 0.0899. The van der Waals surface area contributed by atoms with Gasteiger partial charge in [-0.05, 0) is 197 Å². The number of halogens is 1. The van der Waals surface area contributed by atoms with Crippen LogP contribution in [0.4, 0.5) is 0 Å². The van der Waals surface area contributed by atoms with Crippen LogP contribution in [0.25, 0.3) is 21.9 Å². The Bertz CT molecular complexity index is 2460. The lowest BCUT2D eigenvalue weighted by Crippen LogP contribution is -2.45. The van der Waals surface area contributed by atoms with Gasteiger partial charge >= 0.3 is 0 Å². The van der Waals surface area contributed by atoms with E-state index in [1.807, 2.05) is 11.1 Å². The number of benzene rings is 3. The van der Waals surface area contributed by atoms with Crippen molar-refractivity contribution in [3.8, 4) is 0 Å². The molecule has 0 aromatic heterocycles. The highest BCUT2D eigenvalue weighted by molar-refractivity contribution is 14.1. The third kappa shape index (κ3) is 7.72. The number of alkyl halides is 1. The first-order chi connectivity index (χ1) is 30.3. The smallest absolute Gasteiger partial charge is 0.0221 e. The second kappa shape index (κ2) is 17.2. The Morgan fingerprint density at radius 2 is 1.25 bits per heavy atom. The fourth-order valence-corrected chi connectivity index (χ4v) is 17.3. The first kappa shape index (κ1) is 43.7. The van der Waals surface area contributed by atoms with Gasteiger partial charge in [-0.25, -0.2) is 0 Å². The average Bonchev–Trinajstić information content (AvgIpc) is 3.67. The van der Waals surface area contributed by atoms with E-state index in [2.05, 4.69) is 181 Å².